The van der Waals surface area contributed by atoms with E-state index in [1.807, 2.05) is 6.92 Å². The molecule has 94 valence electrons. The summed E-state index contributed by atoms with van der Waals surface area (Å²) in [5.41, 5.74) is 5.19. The molecule has 1 saturated heterocycles. The van der Waals surface area contributed by atoms with Crippen molar-refractivity contribution in [3.8, 4) is 0 Å². The third-order valence-electron chi connectivity index (χ3n) is 3.80. The first-order valence-corrected chi connectivity index (χ1v) is 6.17. The van der Waals surface area contributed by atoms with Crippen LogP contribution in [0, 0.1) is 0 Å². The van der Waals surface area contributed by atoms with Crippen molar-refractivity contribution < 1.29 is 4.79 Å². The standard InChI is InChI=1S/C12H25N3O/c1-5-12(3,13)11(16)14-10-6-7-15(4)9(2)8-10/h9-10H,5-8,13H2,1-4H3,(H,14,16). The van der Waals surface area contributed by atoms with Crippen LogP contribution in [0.2, 0.25) is 0 Å². The highest BCUT2D eigenvalue weighted by molar-refractivity contribution is 5.85. The smallest absolute Gasteiger partial charge is 0.240 e. The largest absolute Gasteiger partial charge is 0.352 e. The molecule has 0 spiro atoms. The molecule has 16 heavy (non-hydrogen) atoms. The fraction of sp³-hybridized carbons (Fsp3) is 0.917. The summed E-state index contributed by atoms with van der Waals surface area (Å²) >= 11 is 0. The van der Waals surface area contributed by atoms with Crippen molar-refractivity contribution in [2.45, 2.75) is 57.7 Å². The van der Waals surface area contributed by atoms with Crippen LogP contribution in [0.3, 0.4) is 0 Å². The molecule has 1 rings (SSSR count). The van der Waals surface area contributed by atoms with E-state index < -0.39 is 5.54 Å². The van der Waals surface area contributed by atoms with Crippen LogP contribution < -0.4 is 11.1 Å². The zero-order valence-corrected chi connectivity index (χ0v) is 10.9. The molecule has 4 nitrogen and oxygen atoms in total. The van der Waals surface area contributed by atoms with Gasteiger partial charge in [0.05, 0.1) is 5.54 Å². The maximum atomic E-state index is 11.9. The van der Waals surface area contributed by atoms with E-state index in [0.29, 0.717) is 12.5 Å². The molecule has 3 N–H and O–H groups in total. The van der Waals surface area contributed by atoms with Gasteiger partial charge in [-0.1, -0.05) is 6.92 Å². The molecule has 3 atom stereocenters. The number of hydrogen-bond donors (Lipinski definition) is 2. The molecule has 1 amide bonds. The molecule has 0 radical (unpaired) electrons. The second kappa shape index (κ2) is 5.15. The second-order valence-corrected chi connectivity index (χ2v) is 5.30. The van der Waals surface area contributed by atoms with Crippen molar-refractivity contribution in [3.63, 3.8) is 0 Å². The molecule has 0 bridgehead atoms. The average Bonchev–Trinajstić information content (AvgIpc) is 2.23. The van der Waals surface area contributed by atoms with Crippen LogP contribution in [-0.2, 0) is 4.79 Å². The van der Waals surface area contributed by atoms with Crippen molar-refractivity contribution in [1.29, 1.82) is 0 Å². The van der Waals surface area contributed by atoms with Gasteiger partial charge in [0, 0.05) is 18.6 Å². The van der Waals surface area contributed by atoms with Gasteiger partial charge in [-0.25, -0.2) is 0 Å². The summed E-state index contributed by atoms with van der Waals surface area (Å²) in [5, 5.41) is 3.07. The third kappa shape index (κ3) is 3.19. The van der Waals surface area contributed by atoms with Gasteiger partial charge in [-0.3, -0.25) is 4.79 Å². The predicted molar refractivity (Wildman–Crippen MR) is 66.1 cm³/mol. The zero-order valence-electron chi connectivity index (χ0n) is 10.9. The van der Waals surface area contributed by atoms with Gasteiger partial charge in [-0.15, -0.1) is 0 Å². The highest BCUT2D eigenvalue weighted by Gasteiger charge is 2.30. The molecule has 0 aromatic heterocycles. The third-order valence-corrected chi connectivity index (χ3v) is 3.80. The predicted octanol–water partition coefficient (Wildman–Crippen LogP) is 0.713. The highest BCUT2D eigenvalue weighted by atomic mass is 16.2. The molecule has 0 aliphatic carbocycles. The first-order chi connectivity index (χ1) is 7.36. The number of rotatable bonds is 3. The first kappa shape index (κ1) is 13.5. The number of carbonyl (C=O) groups excluding carboxylic acids is 1. The van der Waals surface area contributed by atoms with Gasteiger partial charge in [0.25, 0.3) is 0 Å². The van der Waals surface area contributed by atoms with Gasteiger partial charge in [0.2, 0.25) is 5.91 Å². The number of nitrogens with two attached hydrogens (primary N) is 1. The minimum absolute atomic E-state index is 0.0169. The van der Waals surface area contributed by atoms with Crippen LogP contribution in [-0.4, -0.2) is 42.0 Å². The summed E-state index contributed by atoms with van der Waals surface area (Å²) in [6.45, 7) is 6.97. The van der Waals surface area contributed by atoms with Gasteiger partial charge in [-0.05, 0) is 40.2 Å². The van der Waals surface area contributed by atoms with Crippen LogP contribution in [0.25, 0.3) is 0 Å². The lowest BCUT2D eigenvalue weighted by Gasteiger charge is -2.36. The van der Waals surface area contributed by atoms with E-state index in [4.69, 9.17) is 5.73 Å². The minimum atomic E-state index is -0.730. The van der Waals surface area contributed by atoms with Crippen LogP contribution in [0.4, 0.5) is 0 Å². The Morgan fingerprint density at radius 3 is 2.75 bits per heavy atom. The average molecular weight is 227 g/mol. The topological polar surface area (TPSA) is 58.4 Å². The van der Waals surface area contributed by atoms with Crippen molar-refractivity contribution in [2.24, 2.45) is 5.73 Å². The van der Waals surface area contributed by atoms with Gasteiger partial charge < -0.3 is 16.0 Å². The Bertz CT molecular complexity index is 253. The zero-order chi connectivity index (χ0) is 12.3. The van der Waals surface area contributed by atoms with Gasteiger partial charge in [-0.2, -0.15) is 0 Å². The first-order valence-electron chi connectivity index (χ1n) is 6.17. The number of nitrogens with one attached hydrogen (secondary N) is 1. The van der Waals surface area contributed by atoms with E-state index in [2.05, 4.69) is 24.2 Å². The Balaban J connectivity index is 2.47. The van der Waals surface area contributed by atoms with Crippen molar-refractivity contribution in [2.75, 3.05) is 13.6 Å². The highest BCUT2D eigenvalue weighted by Crippen LogP contribution is 2.16. The normalized spacial score (nSPS) is 30.8. The maximum Gasteiger partial charge on any atom is 0.240 e. The van der Waals surface area contributed by atoms with Gasteiger partial charge >= 0.3 is 0 Å². The molecule has 0 saturated carbocycles. The molecule has 4 heteroatoms. The summed E-state index contributed by atoms with van der Waals surface area (Å²) < 4.78 is 0. The molecule has 1 fully saturated rings. The molecule has 0 aromatic carbocycles. The summed E-state index contributed by atoms with van der Waals surface area (Å²) in [6.07, 6.45) is 2.70. The number of amides is 1. The van der Waals surface area contributed by atoms with E-state index >= 15 is 0 Å². The second-order valence-electron chi connectivity index (χ2n) is 5.30. The minimum Gasteiger partial charge on any atom is -0.352 e. The molecule has 1 aliphatic rings. The fourth-order valence-electron chi connectivity index (χ4n) is 1.93. The van der Waals surface area contributed by atoms with Crippen molar-refractivity contribution in [1.82, 2.24) is 10.2 Å². The lowest BCUT2D eigenvalue weighted by atomic mass is 9.95. The Labute approximate surface area is 98.6 Å². The lowest BCUT2D eigenvalue weighted by molar-refractivity contribution is -0.127. The molecular formula is C12H25N3O. The van der Waals surface area contributed by atoms with Crippen LogP contribution >= 0.6 is 0 Å². The molecule has 1 aliphatic heterocycles. The van der Waals surface area contributed by atoms with Crippen LogP contribution in [0.15, 0.2) is 0 Å². The number of likely N-dealkylation sites (tertiary alicyclic amines) is 1. The van der Waals surface area contributed by atoms with Crippen LogP contribution in [0.5, 0.6) is 0 Å². The van der Waals surface area contributed by atoms with Crippen molar-refractivity contribution in [3.05, 3.63) is 0 Å². The summed E-state index contributed by atoms with van der Waals surface area (Å²) in [6, 6.07) is 0.817. The summed E-state index contributed by atoms with van der Waals surface area (Å²) in [7, 11) is 2.13. The van der Waals surface area contributed by atoms with E-state index in [1.54, 1.807) is 6.92 Å². The van der Waals surface area contributed by atoms with Gasteiger partial charge in [0.15, 0.2) is 0 Å². The van der Waals surface area contributed by atoms with Crippen molar-refractivity contribution >= 4 is 5.91 Å². The van der Waals surface area contributed by atoms with E-state index in [0.717, 1.165) is 19.4 Å². The summed E-state index contributed by atoms with van der Waals surface area (Å²) in [4.78, 5) is 14.2. The van der Waals surface area contributed by atoms with E-state index in [9.17, 15) is 4.79 Å². The number of carbonyl (C=O) groups is 1. The monoisotopic (exact) mass is 227 g/mol. The molecule has 3 unspecified atom stereocenters. The van der Waals surface area contributed by atoms with Gasteiger partial charge in [0.1, 0.15) is 0 Å². The number of hydrogen-bond acceptors (Lipinski definition) is 3. The SMILES string of the molecule is CCC(C)(N)C(=O)NC1CCN(C)C(C)C1. The molecule has 0 aromatic rings. The Hall–Kier alpha value is -0.610. The van der Waals surface area contributed by atoms with E-state index in [1.165, 1.54) is 0 Å². The molecular weight excluding hydrogens is 202 g/mol. The summed E-state index contributed by atoms with van der Waals surface area (Å²) in [5.74, 6) is -0.0169. The number of piperidine rings is 1. The quantitative estimate of drug-likeness (QED) is 0.746. The fourth-order valence-corrected chi connectivity index (χ4v) is 1.93. The Kier molecular flexibility index (Phi) is 4.33. The maximum absolute atomic E-state index is 11.9. The Morgan fingerprint density at radius 2 is 2.25 bits per heavy atom. The number of nitrogens with zero attached hydrogens (tertiary/aromatic N) is 1. The Morgan fingerprint density at radius 1 is 1.62 bits per heavy atom. The van der Waals surface area contributed by atoms with Crippen LogP contribution in [0.1, 0.15) is 40.0 Å². The molecule has 1 heterocycles. The lowest BCUT2D eigenvalue weighted by Crippen LogP contribution is -2.56. The van der Waals surface area contributed by atoms with E-state index in [-0.39, 0.29) is 11.9 Å².